The zero-order chi connectivity index (χ0) is 21.4. The van der Waals surface area contributed by atoms with Gasteiger partial charge >= 0.3 is 0 Å². The van der Waals surface area contributed by atoms with Gasteiger partial charge in [-0.2, -0.15) is 0 Å². The third kappa shape index (κ3) is 4.08. The predicted octanol–water partition coefficient (Wildman–Crippen LogP) is 3.26. The monoisotopic (exact) mass is 411 g/mol. The largest absolute Gasteiger partial charge is 0.490 e. The Morgan fingerprint density at radius 3 is 2.73 bits per heavy atom. The van der Waals surface area contributed by atoms with Crippen molar-refractivity contribution >= 4 is 5.91 Å². The van der Waals surface area contributed by atoms with Gasteiger partial charge in [0.1, 0.15) is 30.9 Å². The van der Waals surface area contributed by atoms with Crippen molar-refractivity contribution in [2.24, 2.45) is 0 Å². The first-order valence-corrected chi connectivity index (χ1v) is 10.3. The molecule has 2 aliphatic heterocycles. The van der Waals surface area contributed by atoms with Crippen LogP contribution in [0.15, 0.2) is 48.5 Å². The number of fused-ring (bicyclic) bond motifs is 1. The lowest BCUT2D eigenvalue weighted by atomic mass is 9.82. The van der Waals surface area contributed by atoms with E-state index in [1.54, 1.807) is 26.0 Å². The van der Waals surface area contributed by atoms with Gasteiger partial charge in [-0.25, -0.2) is 0 Å². The number of aliphatic hydroxyl groups is 1. The molecular formula is C24H29NO5. The fourth-order valence-electron chi connectivity index (χ4n) is 4.17. The number of carbonyl (C=O) groups is 1. The zero-order valence-electron chi connectivity index (χ0n) is 17.8. The molecule has 2 saturated heterocycles. The normalized spacial score (nSPS) is 23.9. The summed E-state index contributed by atoms with van der Waals surface area (Å²) in [7, 11) is 0. The van der Waals surface area contributed by atoms with Gasteiger partial charge in [-0.1, -0.05) is 30.3 Å². The molecular weight excluding hydrogens is 382 g/mol. The Morgan fingerprint density at radius 1 is 1.27 bits per heavy atom. The van der Waals surface area contributed by atoms with Gasteiger partial charge < -0.3 is 24.2 Å². The van der Waals surface area contributed by atoms with Gasteiger partial charge in [0, 0.05) is 18.5 Å². The van der Waals surface area contributed by atoms with Crippen molar-refractivity contribution in [3.63, 3.8) is 0 Å². The van der Waals surface area contributed by atoms with Crippen LogP contribution in [-0.2, 0) is 15.1 Å². The molecule has 2 aromatic carbocycles. The molecule has 160 valence electrons. The second kappa shape index (κ2) is 8.02. The lowest BCUT2D eigenvalue weighted by Gasteiger charge is -2.42. The molecule has 6 heteroatoms. The fraction of sp³-hybridized carbons (Fsp3) is 0.458. The standard InChI is InChI=1S/C24H29NO5/c1-17-13-18(9-10-20(17)28-15-23(2,3)27)22(26)25-12-11-24(19-7-5-4-6-8-19)21(14-25)29-16-30-24/h4-10,13,21,27H,11-12,14-16H2,1-3H3/t21?,24-/m0/s1. The number of rotatable bonds is 5. The van der Waals surface area contributed by atoms with Crippen molar-refractivity contribution in [1.82, 2.24) is 4.90 Å². The van der Waals surface area contributed by atoms with Crippen molar-refractivity contribution in [3.05, 3.63) is 65.2 Å². The van der Waals surface area contributed by atoms with E-state index in [-0.39, 0.29) is 25.4 Å². The summed E-state index contributed by atoms with van der Waals surface area (Å²) in [6.45, 7) is 6.82. The molecule has 0 aromatic heterocycles. The highest BCUT2D eigenvalue weighted by molar-refractivity contribution is 5.94. The fourth-order valence-corrected chi connectivity index (χ4v) is 4.17. The zero-order valence-corrected chi connectivity index (χ0v) is 17.8. The van der Waals surface area contributed by atoms with Crippen molar-refractivity contribution in [3.8, 4) is 5.75 Å². The molecule has 1 amide bonds. The Morgan fingerprint density at radius 2 is 2.03 bits per heavy atom. The van der Waals surface area contributed by atoms with Gasteiger partial charge in [0.25, 0.3) is 5.91 Å². The molecule has 6 nitrogen and oxygen atoms in total. The third-order valence-electron chi connectivity index (χ3n) is 5.80. The average molecular weight is 411 g/mol. The maximum atomic E-state index is 13.2. The first-order chi connectivity index (χ1) is 14.3. The Kier molecular flexibility index (Phi) is 5.57. The van der Waals surface area contributed by atoms with E-state index in [1.165, 1.54) is 0 Å². The second-order valence-electron chi connectivity index (χ2n) is 8.76. The molecule has 4 rings (SSSR count). The maximum absolute atomic E-state index is 13.2. The second-order valence-corrected chi connectivity index (χ2v) is 8.76. The molecule has 2 aromatic rings. The number of hydrogen-bond acceptors (Lipinski definition) is 5. The molecule has 1 N–H and O–H groups in total. The SMILES string of the molecule is Cc1cc(C(=O)N2CC[C@@]3(c4ccccc4)OCOC3C2)ccc1OCC(C)(C)O. The molecule has 30 heavy (non-hydrogen) atoms. The average Bonchev–Trinajstić information content (AvgIpc) is 3.16. The molecule has 0 radical (unpaired) electrons. The van der Waals surface area contributed by atoms with Crippen molar-refractivity contribution < 1.29 is 24.1 Å². The number of carbonyl (C=O) groups excluding carboxylic acids is 1. The Bertz CT molecular complexity index is 908. The number of piperidine rings is 1. The maximum Gasteiger partial charge on any atom is 0.253 e. The van der Waals surface area contributed by atoms with Crippen LogP contribution in [0.25, 0.3) is 0 Å². The first kappa shape index (κ1) is 20.8. The minimum absolute atomic E-state index is 0.0238. The summed E-state index contributed by atoms with van der Waals surface area (Å²) in [5, 5.41) is 9.85. The lowest BCUT2D eigenvalue weighted by Crippen LogP contribution is -2.53. The first-order valence-electron chi connectivity index (χ1n) is 10.3. The van der Waals surface area contributed by atoms with Gasteiger partial charge in [0.2, 0.25) is 0 Å². The van der Waals surface area contributed by atoms with Crippen LogP contribution in [-0.4, -0.2) is 54.1 Å². The van der Waals surface area contributed by atoms with Gasteiger partial charge in [-0.3, -0.25) is 4.79 Å². The molecule has 1 unspecified atom stereocenters. The Balaban J connectivity index is 1.47. The summed E-state index contributed by atoms with van der Waals surface area (Å²) in [5.41, 5.74) is 1.19. The van der Waals surface area contributed by atoms with E-state index in [0.717, 1.165) is 11.1 Å². The molecule has 0 aliphatic carbocycles. The predicted molar refractivity (Wildman–Crippen MR) is 112 cm³/mol. The van der Waals surface area contributed by atoms with Crippen LogP contribution in [0, 0.1) is 6.92 Å². The van der Waals surface area contributed by atoms with Crippen LogP contribution in [0.2, 0.25) is 0 Å². The van der Waals surface area contributed by atoms with E-state index in [4.69, 9.17) is 14.2 Å². The molecule has 0 bridgehead atoms. The summed E-state index contributed by atoms with van der Waals surface area (Å²) >= 11 is 0. The summed E-state index contributed by atoms with van der Waals surface area (Å²) in [6, 6.07) is 15.5. The third-order valence-corrected chi connectivity index (χ3v) is 5.80. The van der Waals surface area contributed by atoms with Gasteiger partial charge in [-0.05, 0) is 50.1 Å². The summed E-state index contributed by atoms with van der Waals surface area (Å²) < 4.78 is 17.6. The van der Waals surface area contributed by atoms with E-state index >= 15 is 0 Å². The highest BCUT2D eigenvalue weighted by Gasteiger charge is 2.51. The van der Waals surface area contributed by atoms with Crippen molar-refractivity contribution in [2.75, 3.05) is 26.5 Å². The molecule has 2 aliphatic rings. The van der Waals surface area contributed by atoms with Crippen LogP contribution in [0.5, 0.6) is 5.75 Å². The van der Waals surface area contributed by atoms with E-state index in [1.807, 2.05) is 36.1 Å². The van der Waals surface area contributed by atoms with Crippen LogP contribution in [0.3, 0.4) is 0 Å². The number of ether oxygens (including phenoxy) is 3. The number of nitrogens with zero attached hydrogens (tertiary/aromatic N) is 1. The summed E-state index contributed by atoms with van der Waals surface area (Å²) in [5.74, 6) is 0.646. The summed E-state index contributed by atoms with van der Waals surface area (Å²) in [4.78, 5) is 15.0. The molecule has 2 atom stereocenters. The van der Waals surface area contributed by atoms with Crippen molar-refractivity contribution in [1.29, 1.82) is 0 Å². The van der Waals surface area contributed by atoms with Gasteiger partial charge in [0.05, 0.1) is 12.1 Å². The van der Waals surface area contributed by atoms with Crippen LogP contribution < -0.4 is 4.74 Å². The number of benzene rings is 2. The Labute approximate surface area is 177 Å². The number of likely N-dealkylation sites (tertiary alicyclic amines) is 1. The van der Waals surface area contributed by atoms with E-state index in [9.17, 15) is 9.90 Å². The molecule has 0 spiro atoms. The molecule has 2 fully saturated rings. The lowest BCUT2D eigenvalue weighted by molar-refractivity contribution is -0.0439. The van der Waals surface area contributed by atoms with Gasteiger partial charge in [-0.15, -0.1) is 0 Å². The van der Waals surface area contributed by atoms with E-state index < -0.39 is 11.2 Å². The minimum Gasteiger partial charge on any atom is -0.490 e. The topological polar surface area (TPSA) is 68.2 Å². The van der Waals surface area contributed by atoms with E-state index in [2.05, 4.69) is 12.1 Å². The number of amides is 1. The highest BCUT2D eigenvalue weighted by Crippen LogP contribution is 2.42. The Hall–Kier alpha value is -2.41. The number of aryl methyl sites for hydroxylation is 1. The van der Waals surface area contributed by atoms with E-state index in [0.29, 0.717) is 30.8 Å². The van der Waals surface area contributed by atoms with Crippen LogP contribution in [0.4, 0.5) is 0 Å². The van der Waals surface area contributed by atoms with Crippen LogP contribution in [0.1, 0.15) is 41.8 Å². The molecule has 0 saturated carbocycles. The number of hydrogen-bond donors (Lipinski definition) is 1. The molecule has 2 heterocycles. The van der Waals surface area contributed by atoms with Gasteiger partial charge in [0.15, 0.2) is 0 Å². The van der Waals surface area contributed by atoms with Crippen LogP contribution >= 0.6 is 0 Å². The minimum atomic E-state index is -0.913. The summed E-state index contributed by atoms with van der Waals surface area (Å²) in [6.07, 6.45) is 0.507. The van der Waals surface area contributed by atoms with Crippen molar-refractivity contribution in [2.45, 2.75) is 44.5 Å². The quantitative estimate of drug-likeness (QED) is 0.818. The smallest absolute Gasteiger partial charge is 0.253 e. The highest BCUT2D eigenvalue weighted by atomic mass is 16.7.